The molecule has 26 heavy (non-hydrogen) atoms. The van der Waals surface area contributed by atoms with Gasteiger partial charge in [0.1, 0.15) is 6.10 Å². The molecule has 0 radical (unpaired) electrons. The normalized spacial score (nSPS) is 53.3. The maximum absolute atomic E-state index is 11.9. The van der Waals surface area contributed by atoms with Gasteiger partial charge in [0, 0.05) is 18.3 Å². The minimum absolute atomic E-state index is 0.0111. The third-order valence-electron chi connectivity index (χ3n) is 8.63. The van der Waals surface area contributed by atoms with E-state index in [0.717, 1.165) is 32.1 Å². The predicted molar refractivity (Wildman–Crippen MR) is 96.0 cm³/mol. The summed E-state index contributed by atoms with van der Waals surface area (Å²) in [4.78, 5) is 11.9. The second-order valence-corrected chi connectivity index (χ2v) is 9.75. The molecular weight excluding hydrogens is 332 g/mol. The highest BCUT2D eigenvalue weighted by Gasteiger charge is 2.63. The molecule has 148 valence electrons. The number of fused-ring (bicyclic) bond motifs is 5. The summed E-state index contributed by atoms with van der Waals surface area (Å²) in [5.74, 6) is 1.28. The molecule has 3 aliphatic carbocycles. The second-order valence-electron chi connectivity index (χ2n) is 9.75. The lowest BCUT2D eigenvalue weighted by Crippen LogP contribution is -2.60. The van der Waals surface area contributed by atoms with Gasteiger partial charge in [-0.2, -0.15) is 0 Å². The van der Waals surface area contributed by atoms with Crippen LogP contribution in [0.15, 0.2) is 0 Å². The van der Waals surface area contributed by atoms with Gasteiger partial charge < -0.3 is 19.7 Å². The zero-order chi connectivity index (χ0) is 18.7. The monoisotopic (exact) mass is 366 g/mol. The summed E-state index contributed by atoms with van der Waals surface area (Å²) in [5, 5.41) is 21.0. The number of ether oxygens (including phenoxy) is 2. The standard InChI is InChI=1S/C21H34O5/c1-4-17(23)26-16-6-5-13-19-14(7-8-20(13,16)2)21(3)11-25-18(24)10-12(21)9-15(19)22/h12-16,18-19,22,24H,4-11H2,1-3H3/t12?,13?,14?,15-,16-,18-,19?,20-,21-/m0/s1. The van der Waals surface area contributed by atoms with Crippen LogP contribution in [-0.2, 0) is 14.3 Å². The maximum Gasteiger partial charge on any atom is 0.305 e. The molecule has 0 aromatic heterocycles. The number of aliphatic hydroxyl groups is 2. The van der Waals surface area contributed by atoms with Crippen LogP contribution in [0.3, 0.4) is 0 Å². The number of carbonyl (C=O) groups excluding carboxylic acids is 1. The third kappa shape index (κ3) is 2.65. The number of carbonyl (C=O) groups is 1. The number of esters is 1. The molecule has 0 amide bonds. The number of hydrogen-bond acceptors (Lipinski definition) is 5. The summed E-state index contributed by atoms with van der Waals surface area (Å²) in [6, 6.07) is 0. The molecule has 4 aliphatic rings. The highest BCUT2D eigenvalue weighted by molar-refractivity contribution is 5.69. The molecule has 0 spiro atoms. The quantitative estimate of drug-likeness (QED) is 0.735. The zero-order valence-corrected chi connectivity index (χ0v) is 16.3. The van der Waals surface area contributed by atoms with Crippen LogP contribution in [-0.4, -0.2) is 41.3 Å². The van der Waals surface area contributed by atoms with Crippen LogP contribution < -0.4 is 0 Å². The third-order valence-corrected chi connectivity index (χ3v) is 8.63. The van der Waals surface area contributed by atoms with Crippen LogP contribution >= 0.6 is 0 Å². The zero-order valence-electron chi connectivity index (χ0n) is 16.3. The SMILES string of the molecule is CCC(=O)O[C@H]1CCC2C3C(CC[C@@]21C)[C@@]1(C)CO[C@H](O)CC1C[C@@H]3O. The van der Waals surface area contributed by atoms with Crippen molar-refractivity contribution >= 4 is 5.97 Å². The van der Waals surface area contributed by atoms with Gasteiger partial charge in [-0.15, -0.1) is 0 Å². The van der Waals surface area contributed by atoms with Crippen LogP contribution in [0.25, 0.3) is 0 Å². The van der Waals surface area contributed by atoms with Crippen LogP contribution in [0.5, 0.6) is 0 Å². The lowest BCUT2D eigenvalue weighted by molar-refractivity contribution is -0.245. The number of hydrogen-bond donors (Lipinski definition) is 2. The summed E-state index contributed by atoms with van der Waals surface area (Å²) in [6.45, 7) is 7.01. The maximum atomic E-state index is 11.9. The molecule has 1 aliphatic heterocycles. The van der Waals surface area contributed by atoms with E-state index in [-0.39, 0.29) is 34.9 Å². The van der Waals surface area contributed by atoms with E-state index >= 15 is 0 Å². The van der Waals surface area contributed by atoms with Gasteiger partial charge in [0.25, 0.3) is 0 Å². The average molecular weight is 366 g/mol. The van der Waals surface area contributed by atoms with E-state index in [1.807, 2.05) is 6.92 Å². The van der Waals surface area contributed by atoms with E-state index in [1.165, 1.54) is 0 Å². The Morgan fingerprint density at radius 2 is 1.85 bits per heavy atom. The first-order valence-corrected chi connectivity index (χ1v) is 10.5. The summed E-state index contributed by atoms with van der Waals surface area (Å²) in [5.41, 5.74) is 0.00779. The molecule has 9 atom stereocenters. The molecule has 1 heterocycles. The first kappa shape index (κ1) is 18.7. The van der Waals surface area contributed by atoms with Gasteiger partial charge in [0.2, 0.25) is 0 Å². The van der Waals surface area contributed by atoms with Crippen molar-refractivity contribution in [2.45, 2.75) is 84.2 Å². The molecule has 4 fully saturated rings. The van der Waals surface area contributed by atoms with Gasteiger partial charge in [-0.25, -0.2) is 0 Å². The topological polar surface area (TPSA) is 76.0 Å². The van der Waals surface area contributed by atoms with Crippen molar-refractivity contribution in [3.63, 3.8) is 0 Å². The lowest BCUT2D eigenvalue weighted by atomic mass is 9.46. The molecular formula is C21H34O5. The number of rotatable bonds is 2. The Bertz CT molecular complexity index is 565. The summed E-state index contributed by atoms with van der Waals surface area (Å²) < 4.78 is 11.5. The fourth-order valence-electron chi connectivity index (χ4n) is 7.09. The minimum atomic E-state index is -0.685. The van der Waals surface area contributed by atoms with Crippen molar-refractivity contribution in [3.05, 3.63) is 0 Å². The van der Waals surface area contributed by atoms with Crippen molar-refractivity contribution in [2.24, 2.45) is 34.5 Å². The lowest BCUT2D eigenvalue weighted by Gasteiger charge is -2.61. The van der Waals surface area contributed by atoms with Crippen molar-refractivity contribution in [2.75, 3.05) is 6.61 Å². The smallest absolute Gasteiger partial charge is 0.305 e. The van der Waals surface area contributed by atoms with Crippen LogP contribution in [0.4, 0.5) is 0 Å². The highest BCUT2D eigenvalue weighted by atomic mass is 16.6. The van der Waals surface area contributed by atoms with Crippen LogP contribution in [0, 0.1) is 34.5 Å². The van der Waals surface area contributed by atoms with E-state index in [1.54, 1.807) is 0 Å². The number of aliphatic hydroxyl groups excluding tert-OH is 2. The molecule has 2 N–H and O–H groups in total. The van der Waals surface area contributed by atoms with Crippen molar-refractivity contribution in [1.82, 2.24) is 0 Å². The molecule has 5 heteroatoms. The fourth-order valence-corrected chi connectivity index (χ4v) is 7.09. The summed E-state index contributed by atoms with van der Waals surface area (Å²) >= 11 is 0. The molecule has 0 aromatic carbocycles. The van der Waals surface area contributed by atoms with E-state index in [9.17, 15) is 15.0 Å². The molecule has 1 saturated heterocycles. The van der Waals surface area contributed by atoms with Gasteiger partial charge in [0.15, 0.2) is 6.29 Å². The minimum Gasteiger partial charge on any atom is -0.462 e. The van der Waals surface area contributed by atoms with Gasteiger partial charge in [-0.3, -0.25) is 4.79 Å². The van der Waals surface area contributed by atoms with E-state index < -0.39 is 6.29 Å². The first-order chi connectivity index (χ1) is 12.3. The molecule has 3 saturated carbocycles. The Morgan fingerprint density at radius 1 is 1.12 bits per heavy atom. The van der Waals surface area contributed by atoms with E-state index in [2.05, 4.69) is 13.8 Å². The Labute approximate surface area is 156 Å². The van der Waals surface area contributed by atoms with Crippen LogP contribution in [0.1, 0.15) is 65.7 Å². The van der Waals surface area contributed by atoms with E-state index in [0.29, 0.717) is 37.2 Å². The van der Waals surface area contributed by atoms with E-state index in [4.69, 9.17) is 9.47 Å². The molecule has 0 bridgehead atoms. The Hall–Kier alpha value is -0.650. The van der Waals surface area contributed by atoms with Gasteiger partial charge in [-0.05, 0) is 61.2 Å². The van der Waals surface area contributed by atoms with Gasteiger partial charge in [0.05, 0.1) is 12.7 Å². The first-order valence-electron chi connectivity index (χ1n) is 10.5. The largest absolute Gasteiger partial charge is 0.462 e. The van der Waals surface area contributed by atoms with Crippen molar-refractivity contribution in [1.29, 1.82) is 0 Å². The highest BCUT2D eigenvalue weighted by Crippen LogP contribution is 2.65. The van der Waals surface area contributed by atoms with Crippen LogP contribution in [0.2, 0.25) is 0 Å². The Kier molecular flexibility index (Phi) is 4.64. The predicted octanol–water partition coefficient (Wildman–Crippen LogP) is 2.88. The second kappa shape index (κ2) is 6.46. The summed E-state index contributed by atoms with van der Waals surface area (Å²) in [7, 11) is 0. The Morgan fingerprint density at radius 3 is 2.58 bits per heavy atom. The molecule has 4 unspecified atom stereocenters. The van der Waals surface area contributed by atoms with Crippen molar-refractivity contribution < 1.29 is 24.5 Å². The Balaban J connectivity index is 1.59. The van der Waals surface area contributed by atoms with Gasteiger partial charge >= 0.3 is 5.97 Å². The fraction of sp³-hybridized carbons (Fsp3) is 0.952. The summed E-state index contributed by atoms with van der Waals surface area (Å²) in [6.07, 6.45) is 4.81. The van der Waals surface area contributed by atoms with Gasteiger partial charge in [-0.1, -0.05) is 20.8 Å². The molecule has 4 rings (SSSR count). The van der Waals surface area contributed by atoms with Crippen molar-refractivity contribution in [3.8, 4) is 0 Å². The molecule has 0 aromatic rings. The average Bonchev–Trinajstić information content (AvgIpc) is 2.93. The molecule has 5 nitrogen and oxygen atoms in total.